The number of carbonyl (C=O) groups is 1. The van der Waals surface area contributed by atoms with Crippen molar-refractivity contribution in [3.63, 3.8) is 0 Å². The van der Waals surface area contributed by atoms with Gasteiger partial charge in [-0.3, -0.25) is 0 Å². The fourth-order valence-corrected chi connectivity index (χ4v) is 2.67. The molecule has 1 atom stereocenters. The third-order valence-corrected chi connectivity index (χ3v) is 3.68. The Balaban J connectivity index is 2.75. The number of nitriles is 1. The van der Waals surface area contributed by atoms with Crippen molar-refractivity contribution in [3.8, 4) is 6.07 Å². The summed E-state index contributed by atoms with van der Waals surface area (Å²) in [6.45, 7) is 2.96. The van der Waals surface area contributed by atoms with Crippen LogP contribution in [0, 0.1) is 11.3 Å². The fourth-order valence-electron chi connectivity index (χ4n) is 2.67. The molecule has 1 aliphatic rings. The molecule has 0 fully saturated rings. The molecule has 5 nitrogen and oxygen atoms in total. The summed E-state index contributed by atoms with van der Waals surface area (Å²) in [6.07, 6.45) is -4.67. The van der Waals surface area contributed by atoms with Crippen LogP contribution in [0.2, 0.25) is 0 Å². The van der Waals surface area contributed by atoms with Crippen LogP contribution in [0.4, 0.5) is 13.2 Å². The van der Waals surface area contributed by atoms with Crippen LogP contribution in [0.5, 0.6) is 0 Å². The van der Waals surface area contributed by atoms with Crippen LogP contribution in [0.3, 0.4) is 0 Å². The maximum Gasteiger partial charge on any atom is 0.416 e. The van der Waals surface area contributed by atoms with Gasteiger partial charge in [0.2, 0.25) is 5.88 Å². The van der Waals surface area contributed by atoms with Crippen molar-refractivity contribution >= 4 is 5.97 Å². The molecule has 0 bridgehead atoms. The first-order chi connectivity index (χ1) is 11.7. The Kier molecular flexibility index (Phi) is 5.07. The number of rotatable bonds is 3. The predicted octanol–water partition coefficient (Wildman–Crippen LogP) is 3.35. The number of carbonyl (C=O) groups excluding carboxylic acids is 1. The summed E-state index contributed by atoms with van der Waals surface area (Å²) in [4.78, 5) is 12.3. The van der Waals surface area contributed by atoms with E-state index in [0.29, 0.717) is 0 Å². The largest absolute Gasteiger partial charge is 0.463 e. The van der Waals surface area contributed by atoms with Crippen molar-refractivity contribution in [2.45, 2.75) is 25.9 Å². The Morgan fingerprint density at radius 1 is 1.40 bits per heavy atom. The molecule has 0 aromatic heterocycles. The minimum absolute atomic E-state index is 0.00284. The monoisotopic (exact) mass is 352 g/mol. The van der Waals surface area contributed by atoms with Gasteiger partial charge in [0.05, 0.1) is 23.7 Å². The van der Waals surface area contributed by atoms with Gasteiger partial charge < -0.3 is 15.2 Å². The summed E-state index contributed by atoms with van der Waals surface area (Å²) in [5.74, 6) is -2.52. The van der Waals surface area contributed by atoms with Crippen molar-refractivity contribution in [3.05, 3.63) is 58.2 Å². The number of allylic oxidation sites excluding steroid dienone is 2. The Hall–Kier alpha value is -2.95. The average molecular weight is 352 g/mol. The number of ether oxygens (including phenoxy) is 2. The molecular formula is C17H15F3N2O3. The van der Waals surface area contributed by atoms with Gasteiger partial charge in [0.1, 0.15) is 17.4 Å². The van der Waals surface area contributed by atoms with Gasteiger partial charge in [-0.1, -0.05) is 18.2 Å². The zero-order chi connectivity index (χ0) is 18.8. The van der Waals surface area contributed by atoms with Gasteiger partial charge in [0.15, 0.2) is 0 Å². The van der Waals surface area contributed by atoms with Gasteiger partial charge in [-0.2, -0.15) is 18.4 Å². The Bertz CT molecular complexity index is 804. The zero-order valence-electron chi connectivity index (χ0n) is 13.5. The number of benzene rings is 1. The molecule has 1 aromatic rings. The normalized spacial score (nSPS) is 17.8. The topological polar surface area (TPSA) is 85.3 Å². The molecule has 1 aromatic carbocycles. The highest BCUT2D eigenvalue weighted by molar-refractivity contribution is 5.92. The first-order valence-electron chi connectivity index (χ1n) is 7.33. The summed E-state index contributed by atoms with van der Waals surface area (Å²) in [7, 11) is 0. The van der Waals surface area contributed by atoms with Gasteiger partial charge in [0.25, 0.3) is 0 Å². The number of alkyl halides is 3. The molecule has 25 heavy (non-hydrogen) atoms. The van der Waals surface area contributed by atoms with Crippen LogP contribution in [0.15, 0.2) is 47.1 Å². The van der Waals surface area contributed by atoms with E-state index in [-0.39, 0.29) is 35.0 Å². The lowest BCUT2D eigenvalue weighted by Crippen LogP contribution is -2.27. The first kappa shape index (κ1) is 18.4. The van der Waals surface area contributed by atoms with Gasteiger partial charge in [0, 0.05) is 0 Å². The molecule has 0 amide bonds. The summed E-state index contributed by atoms with van der Waals surface area (Å²) >= 11 is 0. The molecule has 0 aliphatic carbocycles. The van der Waals surface area contributed by atoms with Crippen molar-refractivity contribution in [2.75, 3.05) is 6.61 Å². The van der Waals surface area contributed by atoms with E-state index >= 15 is 0 Å². The number of hydrogen-bond acceptors (Lipinski definition) is 5. The highest BCUT2D eigenvalue weighted by Crippen LogP contribution is 2.44. The van der Waals surface area contributed by atoms with E-state index in [0.717, 1.165) is 6.07 Å². The van der Waals surface area contributed by atoms with Crippen LogP contribution < -0.4 is 5.73 Å². The quantitative estimate of drug-likeness (QED) is 0.843. The third-order valence-electron chi connectivity index (χ3n) is 3.68. The lowest BCUT2D eigenvalue weighted by atomic mass is 9.81. The highest BCUT2D eigenvalue weighted by Gasteiger charge is 2.42. The maximum atomic E-state index is 13.4. The van der Waals surface area contributed by atoms with E-state index in [1.807, 2.05) is 0 Å². The van der Waals surface area contributed by atoms with Crippen molar-refractivity contribution in [2.24, 2.45) is 5.73 Å². The maximum absolute atomic E-state index is 13.4. The molecule has 8 heteroatoms. The SMILES string of the molecule is CCOC(=O)C1=C(C)OC(N)=C(C#N)[C@H]1c1ccccc1C(F)(F)F. The molecule has 0 radical (unpaired) electrons. The molecule has 1 aliphatic heterocycles. The zero-order valence-corrected chi connectivity index (χ0v) is 13.5. The molecule has 0 saturated carbocycles. The smallest absolute Gasteiger partial charge is 0.416 e. The van der Waals surface area contributed by atoms with Crippen LogP contribution in [0.1, 0.15) is 30.9 Å². The van der Waals surface area contributed by atoms with Crippen LogP contribution >= 0.6 is 0 Å². The molecule has 132 valence electrons. The second kappa shape index (κ2) is 6.89. The van der Waals surface area contributed by atoms with Gasteiger partial charge in [-0.25, -0.2) is 4.79 Å². The molecule has 2 N–H and O–H groups in total. The minimum atomic E-state index is -4.67. The molecular weight excluding hydrogens is 337 g/mol. The Morgan fingerprint density at radius 2 is 2.04 bits per heavy atom. The molecule has 1 heterocycles. The highest BCUT2D eigenvalue weighted by atomic mass is 19.4. The number of esters is 1. The first-order valence-corrected chi connectivity index (χ1v) is 7.33. The van der Waals surface area contributed by atoms with Crippen molar-refractivity contribution in [1.29, 1.82) is 5.26 Å². The second-order valence-corrected chi connectivity index (χ2v) is 5.20. The lowest BCUT2D eigenvalue weighted by molar-refractivity contribution is -0.140. The number of hydrogen-bond donors (Lipinski definition) is 1. The predicted molar refractivity (Wildman–Crippen MR) is 81.4 cm³/mol. The Morgan fingerprint density at radius 3 is 2.60 bits per heavy atom. The standard InChI is InChI=1S/C17H15F3N2O3/c1-3-24-16(23)13-9(2)25-15(22)11(8-21)14(13)10-6-4-5-7-12(10)17(18,19)20/h4-7,14H,3,22H2,1-2H3/t14-/m1/s1. The van der Waals surface area contributed by atoms with E-state index in [9.17, 15) is 23.2 Å². The van der Waals surface area contributed by atoms with E-state index in [4.69, 9.17) is 15.2 Å². The summed E-state index contributed by atoms with van der Waals surface area (Å²) in [5, 5.41) is 9.38. The van der Waals surface area contributed by atoms with Gasteiger partial charge >= 0.3 is 12.1 Å². The van der Waals surface area contributed by atoms with Crippen LogP contribution in [-0.2, 0) is 20.4 Å². The lowest BCUT2D eigenvalue weighted by Gasteiger charge is -2.28. The third kappa shape index (κ3) is 3.45. The van der Waals surface area contributed by atoms with E-state index < -0.39 is 23.6 Å². The minimum Gasteiger partial charge on any atom is -0.463 e. The number of halogens is 3. The molecule has 2 rings (SSSR count). The Labute approximate surface area is 142 Å². The fraction of sp³-hybridized carbons (Fsp3) is 0.294. The number of nitrogens with two attached hydrogens (primary N) is 1. The van der Waals surface area contributed by atoms with Gasteiger partial charge in [-0.15, -0.1) is 0 Å². The van der Waals surface area contributed by atoms with Gasteiger partial charge in [-0.05, 0) is 25.5 Å². The van der Waals surface area contributed by atoms with Crippen molar-refractivity contribution < 1.29 is 27.4 Å². The second-order valence-electron chi connectivity index (χ2n) is 5.20. The summed E-state index contributed by atoms with van der Waals surface area (Å²) in [6, 6.07) is 6.46. The van der Waals surface area contributed by atoms with E-state index in [1.165, 1.54) is 25.1 Å². The summed E-state index contributed by atoms with van der Waals surface area (Å²) in [5.41, 5.74) is 4.00. The average Bonchev–Trinajstić information content (AvgIpc) is 2.53. The number of nitrogens with zero attached hydrogens (tertiary/aromatic N) is 1. The van der Waals surface area contributed by atoms with Crippen LogP contribution in [-0.4, -0.2) is 12.6 Å². The molecule has 0 spiro atoms. The van der Waals surface area contributed by atoms with Crippen molar-refractivity contribution in [1.82, 2.24) is 0 Å². The summed E-state index contributed by atoms with van der Waals surface area (Å²) < 4.78 is 50.3. The molecule has 0 saturated heterocycles. The molecule has 0 unspecified atom stereocenters. The van der Waals surface area contributed by atoms with E-state index in [2.05, 4.69) is 0 Å². The van der Waals surface area contributed by atoms with Crippen LogP contribution in [0.25, 0.3) is 0 Å². The van der Waals surface area contributed by atoms with E-state index in [1.54, 1.807) is 13.0 Å².